The summed E-state index contributed by atoms with van der Waals surface area (Å²) in [6, 6.07) is 7.56. The average Bonchev–Trinajstić information content (AvgIpc) is 2.85. The van der Waals surface area contributed by atoms with Gasteiger partial charge >= 0.3 is 11.9 Å². The van der Waals surface area contributed by atoms with Gasteiger partial charge in [0.15, 0.2) is 11.6 Å². The summed E-state index contributed by atoms with van der Waals surface area (Å²) in [5.41, 5.74) is 7.55. The fraction of sp³-hybridized carbons (Fsp3) is 0.182. The molecule has 0 saturated heterocycles. The van der Waals surface area contributed by atoms with Gasteiger partial charge < -0.3 is 35.3 Å². The minimum absolute atomic E-state index is 0.136. The Bertz CT molecular complexity index is 1200. The fourth-order valence-corrected chi connectivity index (χ4v) is 3.23. The van der Waals surface area contributed by atoms with E-state index >= 15 is 0 Å². The number of hydrogen-bond acceptors (Lipinski definition) is 11. The van der Waals surface area contributed by atoms with Gasteiger partial charge in [0.2, 0.25) is 0 Å². The van der Waals surface area contributed by atoms with Crippen LogP contribution in [0.25, 0.3) is 0 Å². The fourth-order valence-electron chi connectivity index (χ4n) is 2.99. The lowest BCUT2D eigenvalue weighted by Crippen LogP contribution is -2.09. The van der Waals surface area contributed by atoms with Gasteiger partial charge in [-0.15, -0.1) is 0 Å². The number of esters is 2. The lowest BCUT2D eigenvalue weighted by atomic mass is 10.1. The molecule has 3 aromatic rings. The van der Waals surface area contributed by atoms with Crippen molar-refractivity contribution in [3.05, 3.63) is 52.8 Å². The largest absolute Gasteiger partial charge is 0.495 e. The quantitative estimate of drug-likeness (QED) is 0.398. The minimum Gasteiger partial charge on any atom is -0.495 e. The third-order valence-electron chi connectivity index (χ3n) is 4.65. The molecule has 0 aliphatic rings. The van der Waals surface area contributed by atoms with Crippen molar-refractivity contribution in [2.24, 2.45) is 0 Å². The van der Waals surface area contributed by atoms with Gasteiger partial charge in [0.1, 0.15) is 23.5 Å². The summed E-state index contributed by atoms with van der Waals surface area (Å²) in [4.78, 5) is 32.4. The summed E-state index contributed by atoms with van der Waals surface area (Å²) in [7, 11) is 5.47. The van der Waals surface area contributed by atoms with Crippen LogP contribution in [0.3, 0.4) is 0 Å². The van der Waals surface area contributed by atoms with Gasteiger partial charge in [0.25, 0.3) is 0 Å². The van der Waals surface area contributed by atoms with Gasteiger partial charge in [-0.1, -0.05) is 11.6 Å². The molecule has 3 rings (SSSR count). The van der Waals surface area contributed by atoms with Gasteiger partial charge in [-0.2, -0.15) is 0 Å². The molecule has 0 atom stereocenters. The van der Waals surface area contributed by atoms with E-state index < -0.39 is 11.9 Å². The van der Waals surface area contributed by atoms with Crippen molar-refractivity contribution in [3.63, 3.8) is 0 Å². The Kier molecular flexibility index (Phi) is 7.59. The van der Waals surface area contributed by atoms with Gasteiger partial charge in [0, 0.05) is 11.8 Å². The van der Waals surface area contributed by atoms with Crippen molar-refractivity contribution in [3.8, 4) is 11.5 Å². The van der Waals surface area contributed by atoms with E-state index in [9.17, 15) is 9.59 Å². The Labute approximate surface area is 200 Å². The summed E-state index contributed by atoms with van der Waals surface area (Å²) in [6.07, 6.45) is 1.28. The molecular formula is C22H22ClN5O6. The molecule has 34 heavy (non-hydrogen) atoms. The number of nitrogen functional groups attached to an aromatic ring is 1. The second kappa shape index (κ2) is 10.6. The number of ether oxygens (including phenoxy) is 4. The number of benzene rings is 2. The number of rotatable bonds is 8. The first-order chi connectivity index (χ1) is 16.3. The molecule has 0 saturated carbocycles. The topological polar surface area (TPSA) is 147 Å². The van der Waals surface area contributed by atoms with Gasteiger partial charge in [-0.3, -0.25) is 0 Å². The number of nitrogens with two attached hydrogens (primary N) is 1. The molecule has 2 aromatic carbocycles. The monoisotopic (exact) mass is 487 g/mol. The highest BCUT2D eigenvalue weighted by molar-refractivity contribution is 6.32. The normalized spacial score (nSPS) is 10.3. The van der Waals surface area contributed by atoms with Crippen LogP contribution in [0, 0.1) is 0 Å². The van der Waals surface area contributed by atoms with Crippen molar-refractivity contribution in [1.82, 2.24) is 9.97 Å². The molecule has 0 amide bonds. The molecule has 178 valence electrons. The summed E-state index contributed by atoms with van der Waals surface area (Å²) in [5.74, 6) is 0.102. The molecule has 1 aromatic heterocycles. The summed E-state index contributed by atoms with van der Waals surface area (Å²) >= 11 is 6.24. The van der Waals surface area contributed by atoms with E-state index in [0.29, 0.717) is 27.9 Å². The van der Waals surface area contributed by atoms with Crippen LogP contribution in [0.15, 0.2) is 36.7 Å². The van der Waals surface area contributed by atoms with Crippen molar-refractivity contribution in [1.29, 1.82) is 0 Å². The number of nitrogens with zero attached hydrogens (tertiary/aromatic N) is 2. The highest BCUT2D eigenvalue weighted by atomic mass is 35.5. The lowest BCUT2D eigenvalue weighted by Gasteiger charge is -2.16. The molecule has 0 fully saturated rings. The lowest BCUT2D eigenvalue weighted by molar-refractivity contribution is 0.0599. The number of nitrogens with one attached hydrogen (secondary N) is 2. The number of hydrogen-bond donors (Lipinski definition) is 3. The molecule has 0 aliphatic heterocycles. The summed E-state index contributed by atoms with van der Waals surface area (Å²) < 4.78 is 20.1. The molecule has 0 spiro atoms. The number of halogens is 1. The van der Waals surface area contributed by atoms with Crippen LogP contribution >= 0.6 is 11.6 Å². The zero-order valence-corrected chi connectivity index (χ0v) is 19.5. The van der Waals surface area contributed by atoms with Crippen LogP contribution in [-0.2, 0) is 9.47 Å². The molecular weight excluding hydrogens is 466 g/mol. The number of methoxy groups -OCH3 is 4. The smallest absolute Gasteiger partial charge is 0.337 e. The molecule has 0 unspecified atom stereocenters. The van der Waals surface area contributed by atoms with Crippen molar-refractivity contribution >= 4 is 52.2 Å². The van der Waals surface area contributed by atoms with Crippen molar-refractivity contribution in [2.45, 2.75) is 0 Å². The van der Waals surface area contributed by atoms with Gasteiger partial charge in [-0.25, -0.2) is 19.6 Å². The summed E-state index contributed by atoms with van der Waals surface area (Å²) in [6.45, 7) is 0. The predicted molar refractivity (Wildman–Crippen MR) is 127 cm³/mol. The maximum atomic E-state index is 12.0. The van der Waals surface area contributed by atoms with Crippen LogP contribution in [0.2, 0.25) is 5.02 Å². The minimum atomic E-state index is -0.629. The maximum Gasteiger partial charge on any atom is 0.337 e. The van der Waals surface area contributed by atoms with Crippen LogP contribution in [0.4, 0.5) is 28.7 Å². The zero-order valence-electron chi connectivity index (χ0n) is 18.8. The first-order valence-electron chi connectivity index (χ1n) is 9.69. The number of anilines is 5. The Morgan fingerprint density at radius 3 is 1.91 bits per heavy atom. The first kappa shape index (κ1) is 24.4. The molecule has 12 heteroatoms. The van der Waals surface area contributed by atoms with E-state index in [1.807, 2.05) is 0 Å². The molecule has 0 radical (unpaired) electrons. The van der Waals surface area contributed by atoms with Crippen LogP contribution in [0.1, 0.15) is 20.7 Å². The number of carbonyl (C=O) groups excluding carboxylic acids is 2. The third kappa shape index (κ3) is 5.21. The Hall–Kier alpha value is -4.25. The zero-order chi connectivity index (χ0) is 24.8. The standard InChI is InChI=1S/C22H22ClN5O6/c1-31-16-9-17(32-2)15(8-14(16)23)28-20-18(24)19(25-10-26-20)27-13-6-11(21(29)33-3)5-12(7-13)22(30)34-4/h5-10H,24H2,1-4H3,(H2,25,26,27,28). The number of aromatic nitrogens is 2. The van der Waals surface area contributed by atoms with E-state index in [1.165, 1.54) is 53.0 Å². The van der Waals surface area contributed by atoms with Gasteiger partial charge in [0.05, 0.1) is 50.3 Å². The molecule has 1 heterocycles. The Morgan fingerprint density at radius 1 is 0.824 bits per heavy atom. The predicted octanol–water partition coefficient (Wildman–Crippen LogP) is 3.79. The van der Waals surface area contributed by atoms with E-state index in [-0.39, 0.29) is 28.5 Å². The van der Waals surface area contributed by atoms with Crippen LogP contribution in [0.5, 0.6) is 11.5 Å². The van der Waals surface area contributed by atoms with Crippen molar-refractivity contribution in [2.75, 3.05) is 44.8 Å². The first-order valence-corrected chi connectivity index (χ1v) is 10.1. The Balaban J connectivity index is 1.97. The summed E-state index contributed by atoms with van der Waals surface area (Å²) in [5, 5.41) is 6.40. The van der Waals surface area contributed by atoms with Gasteiger partial charge in [-0.05, 0) is 24.3 Å². The SMILES string of the molecule is COC(=O)c1cc(Nc2ncnc(Nc3cc(Cl)c(OC)cc3OC)c2N)cc(C(=O)OC)c1. The van der Waals surface area contributed by atoms with E-state index in [4.69, 9.17) is 36.3 Å². The number of carbonyl (C=O) groups is 2. The second-order valence-electron chi connectivity index (χ2n) is 6.70. The van der Waals surface area contributed by atoms with Crippen molar-refractivity contribution < 1.29 is 28.5 Å². The van der Waals surface area contributed by atoms with E-state index in [2.05, 4.69) is 20.6 Å². The molecule has 0 bridgehead atoms. The maximum absolute atomic E-state index is 12.0. The highest BCUT2D eigenvalue weighted by Crippen LogP contribution is 2.38. The average molecular weight is 488 g/mol. The van der Waals surface area contributed by atoms with E-state index in [0.717, 1.165) is 0 Å². The molecule has 0 aliphatic carbocycles. The molecule has 4 N–H and O–H groups in total. The second-order valence-corrected chi connectivity index (χ2v) is 7.11. The Morgan fingerprint density at radius 2 is 1.38 bits per heavy atom. The third-order valence-corrected chi connectivity index (χ3v) is 4.94. The van der Waals surface area contributed by atoms with Crippen LogP contribution < -0.4 is 25.8 Å². The van der Waals surface area contributed by atoms with Crippen LogP contribution in [-0.4, -0.2) is 50.3 Å². The molecule has 11 nitrogen and oxygen atoms in total. The van der Waals surface area contributed by atoms with E-state index in [1.54, 1.807) is 12.1 Å². The highest BCUT2D eigenvalue weighted by Gasteiger charge is 2.17.